The van der Waals surface area contributed by atoms with Gasteiger partial charge in [0, 0.05) is 180 Å². The highest BCUT2D eigenvalue weighted by Crippen LogP contribution is 2.50. The highest BCUT2D eigenvalue weighted by Gasteiger charge is 2.47. The maximum absolute atomic E-state index is 13.1. The Hall–Kier alpha value is -7.16. The molecule has 0 radical (unpaired) electrons. The van der Waals surface area contributed by atoms with Crippen LogP contribution >= 0.6 is 0 Å². The van der Waals surface area contributed by atoms with Crippen LogP contribution in [0.5, 0.6) is 46.0 Å². The second kappa shape index (κ2) is 43.9. The number of piperidine rings is 4. The van der Waals surface area contributed by atoms with Gasteiger partial charge in [-0.25, -0.2) is 0 Å². The van der Waals surface area contributed by atoms with Gasteiger partial charge in [0.25, 0.3) is 0 Å². The van der Waals surface area contributed by atoms with E-state index < -0.39 is 360 Å². The Morgan fingerprint density at radius 2 is 0.592 bits per heavy atom. The maximum atomic E-state index is 13.1. The molecule has 20 atom stereocenters. The second-order valence-electron chi connectivity index (χ2n) is 30.8. The van der Waals surface area contributed by atoms with Crippen LogP contribution in [0.1, 0.15) is 303 Å². The molecule has 4 saturated heterocycles. The fourth-order valence-electron chi connectivity index (χ4n) is 13.8. The lowest BCUT2D eigenvalue weighted by Crippen LogP contribution is -2.51. The molecule has 8 N–H and O–H groups in total. The predicted octanol–water partition coefficient (Wildman–Crippen LogP) is 14.3. The predicted molar refractivity (Wildman–Crippen MR) is 471 cm³/mol. The molecule has 4 aromatic rings. The number of carbonyl (C=O) groups excluding carboxylic acids is 4. The molecule has 8 aliphatic rings. The molecule has 24 heteroatoms. The molecule has 0 spiro atoms. The average molecular weight is 1730 g/mol. The molecule has 120 heavy (non-hydrogen) atoms. The minimum Gasteiger partial charge on any atom is -0.493 e. The third-order valence-corrected chi connectivity index (χ3v) is 20.7. The first-order valence-electron chi connectivity index (χ1n) is 65.5. The number of nitrogens with zero attached hydrogens (tertiary/aromatic N) is 4. The zero-order valence-corrected chi connectivity index (χ0v) is 70.9. The van der Waals surface area contributed by atoms with E-state index >= 15 is 0 Å². The van der Waals surface area contributed by atoms with Crippen molar-refractivity contribution in [1.82, 2.24) is 19.6 Å². The second-order valence-corrected chi connectivity index (χ2v) is 30.8. The Bertz CT molecular complexity index is 6370. The molecule has 0 aliphatic carbocycles. The van der Waals surface area contributed by atoms with Crippen LogP contribution in [0.3, 0.4) is 0 Å². The van der Waals surface area contributed by atoms with E-state index in [9.17, 15) is 28.8 Å². The highest BCUT2D eigenvalue weighted by atomic mass is 16.6. The summed E-state index contributed by atoms with van der Waals surface area (Å²) in [6, 6.07) is -5.75. The van der Waals surface area contributed by atoms with Crippen molar-refractivity contribution in [2.75, 3.05) is 109 Å². The maximum Gasteiger partial charge on any atom is 0.323 e. The number of fused-ring (bicyclic) bond motifs is 12. The van der Waals surface area contributed by atoms with E-state index in [1.54, 1.807) is 55.4 Å². The first kappa shape index (κ1) is 46.7. The number of carbonyl (C=O) groups is 4. The van der Waals surface area contributed by atoms with Crippen molar-refractivity contribution in [3.8, 4) is 46.0 Å². The van der Waals surface area contributed by atoms with Crippen molar-refractivity contribution < 1.29 is 149 Å². The van der Waals surface area contributed by atoms with Crippen molar-refractivity contribution in [3.05, 3.63) is 93.0 Å². The van der Waals surface area contributed by atoms with Crippen molar-refractivity contribution in [2.45, 2.75) is 260 Å². The molecule has 0 saturated carbocycles. The Morgan fingerprint density at radius 3 is 0.833 bits per heavy atom. The van der Waals surface area contributed by atoms with Crippen LogP contribution in [0.25, 0.3) is 0 Å². The fourth-order valence-corrected chi connectivity index (χ4v) is 13.8. The smallest absolute Gasteiger partial charge is 0.323 e. The summed E-state index contributed by atoms with van der Waals surface area (Å²) in [5.74, 6) is -27.1. The molecule has 12 rings (SSSR count). The summed E-state index contributed by atoms with van der Waals surface area (Å²) in [7, 11) is 1.48. The van der Waals surface area contributed by atoms with E-state index in [0.29, 0.717) is 14.7 Å². The minimum absolute atomic E-state index is 0.0483. The van der Waals surface area contributed by atoms with Gasteiger partial charge >= 0.3 is 23.9 Å². The van der Waals surface area contributed by atoms with Gasteiger partial charge in [-0.1, -0.05) is 110 Å². The van der Waals surface area contributed by atoms with Crippen LogP contribution < -0.4 is 60.8 Å². The van der Waals surface area contributed by atoms with E-state index in [4.69, 9.17) is 143 Å². The third kappa shape index (κ3) is 23.8. The minimum atomic E-state index is -3.29. The molecule has 24 nitrogen and oxygen atoms in total. The van der Waals surface area contributed by atoms with Gasteiger partial charge < -0.3 is 79.8 Å². The van der Waals surface area contributed by atoms with Gasteiger partial charge in [0.15, 0.2) is 46.0 Å². The normalized spacial score (nSPS) is 42.1. The molecule has 0 aromatic heterocycles. The summed E-state index contributed by atoms with van der Waals surface area (Å²) >= 11 is 0. The topological polar surface area (TPSA) is 296 Å². The van der Waals surface area contributed by atoms with E-state index in [1.807, 2.05) is 0 Å². The Morgan fingerprint density at radius 1 is 0.367 bits per heavy atom. The summed E-state index contributed by atoms with van der Waals surface area (Å²) in [6.07, 6.45) is -37.9. The Kier molecular flexibility index (Phi) is 17.1. The summed E-state index contributed by atoms with van der Waals surface area (Å²) in [4.78, 5) is 55.2. The van der Waals surface area contributed by atoms with Crippen LogP contribution in [0.2, 0.25) is 0 Å². The Labute approximate surface area is 793 Å². The molecular weight excluding hydrogens is 1520 g/mol. The number of rotatable bonds is 28. The van der Waals surface area contributed by atoms with Crippen molar-refractivity contribution in [1.29, 1.82) is 0 Å². The summed E-state index contributed by atoms with van der Waals surface area (Å²) in [5.41, 5.74) is 21.4. The van der Waals surface area contributed by atoms with Crippen molar-refractivity contribution in [2.24, 2.45) is 93.9 Å². The highest BCUT2D eigenvalue weighted by molar-refractivity contribution is 5.77. The average Bonchev–Trinajstić information content (AvgIpc) is 0.674. The molecule has 16 unspecified atom stereocenters. The monoisotopic (exact) mass is 1730 g/mol. The molecule has 8 aliphatic heterocycles. The molecule has 4 fully saturated rings. The number of hydrogen-bond donors (Lipinski definition) is 4. The number of ether oxygens (including phenoxy) is 12. The molecular formula is C96H152N8O16. The van der Waals surface area contributed by atoms with Gasteiger partial charge in [-0.05, 0) is 191 Å². The summed E-state index contributed by atoms with van der Waals surface area (Å²) < 4.78 is 516. The van der Waals surface area contributed by atoms with Gasteiger partial charge in [-0.15, -0.1) is 0 Å². The van der Waals surface area contributed by atoms with E-state index in [-0.39, 0.29) is 67.9 Å². The largest absolute Gasteiger partial charge is 0.493 e. The zero-order valence-electron chi connectivity index (χ0n) is 124. The van der Waals surface area contributed by atoms with Crippen molar-refractivity contribution >= 4 is 23.9 Å². The fraction of sp³-hybridized carbons (Fsp3) is 0.708. The number of esters is 4. The van der Waals surface area contributed by atoms with E-state index in [0.717, 1.165) is 64.0 Å². The van der Waals surface area contributed by atoms with E-state index in [1.165, 1.54) is 59.8 Å². The molecule has 4 aromatic carbocycles. The van der Waals surface area contributed by atoms with Gasteiger partial charge in [0.1, 0.15) is 48.5 Å². The summed E-state index contributed by atoms with van der Waals surface area (Å²) in [5, 5.41) is 0. The standard InChI is InChI=1S/4C24H38N2O4/c4*1-14(2)9-17-13-26-8-7-16-10-21(28-5)22(29-6)11-18(16)19(26)12-20(17)30-24(27)23(25)15(3)4/h4*10-11,14-15,17,19-20,23H,7-9,12-13,25H2,1-6H3/t4*17?,19?,20?,23-/m0000/s1/i1D3,5D3,7D2,8D2,9D2,14D,19D,20D;2*1D3,7D2,8D2,9D2,14D,19D,20D;1D3,5D3,7D2,8D2,9D2,14D,19D/t4*14?,17?,19?,20?,23-. The lowest BCUT2D eigenvalue weighted by Gasteiger charge is -2.47. The first-order valence-corrected chi connectivity index (χ1v) is 39.0. The molecule has 672 valence electrons. The first-order chi connectivity index (χ1) is 77.0. The third-order valence-electron chi connectivity index (χ3n) is 20.7. The Balaban J connectivity index is 0.000000253. The van der Waals surface area contributed by atoms with Gasteiger partial charge in [-0.3, -0.25) is 38.8 Å². The zero-order chi connectivity index (χ0) is 135. The SMILES string of the molecule is [2H]C([2H])([2H])Oc1cc2c(cc1OC)C1([2H])CC(OC(=O)[C@@H](N)C(C)C)C(C([2H])([2H])C([2H])(C)C([2H])([2H])[2H])CN1C([2H])([2H])C2([2H])[2H].[2H]C([2H])([2H])Oc1cc2c(cc1OC)C1([2H])CC([2H])(OC(=O)[C@@H](N)C(C)C)C(C([2H])([2H])C([2H])(C)C([2H])([2H])[2H])CN1C([2H])([2H])C2([2H])[2H].[2H]C1(OC(=O)[C@@H](N)C(C)C)CC2([2H])c3cc(OC)c(OC)cc3C([2H])([2H])C([2H])([2H])N2CC1C([2H])([2H])C([2H])(C)C([2H])([2H])[2H].[2H]C1(OC(=O)[C@@H](N)C(C)C)CC2([2H])c3cc(OC)c(OC)cc3C([2H])([2H])C([2H])([2H])N2CC1C([2H])([2H])C([2H])(C)C([2H])([2H])[2H]. The van der Waals surface area contributed by atoms with Crippen LogP contribution in [-0.4, -0.2) is 201 Å². The number of benzene rings is 4. The van der Waals surface area contributed by atoms with Crippen LogP contribution in [0.15, 0.2) is 48.5 Å². The van der Waals surface area contributed by atoms with Crippen molar-refractivity contribution in [3.63, 3.8) is 0 Å². The molecule has 8 heterocycles. The van der Waals surface area contributed by atoms with Crippen LogP contribution in [-0.2, 0) is 63.6 Å². The number of methoxy groups -OCH3 is 8. The number of hydrogen-bond acceptors (Lipinski definition) is 24. The van der Waals surface area contributed by atoms with Gasteiger partial charge in [0.05, 0.1) is 74.6 Å². The lowest BCUT2D eigenvalue weighted by molar-refractivity contribution is -0.161. The number of aryl methyl sites for hydroxylation is 4. The van der Waals surface area contributed by atoms with Gasteiger partial charge in [-0.2, -0.15) is 0 Å². The van der Waals surface area contributed by atoms with Crippen LogP contribution in [0.4, 0.5) is 0 Å². The quantitative estimate of drug-likeness (QED) is 0.0303. The van der Waals surface area contributed by atoms with Crippen LogP contribution in [0, 0.1) is 70.9 Å². The van der Waals surface area contributed by atoms with Gasteiger partial charge in [0.2, 0.25) is 0 Å². The lowest BCUT2D eigenvalue weighted by atomic mass is 9.79. The molecule has 0 amide bonds. The molecule has 0 bridgehead atoms. The summed E-state index contributed by atoms with van der Waals surface area (Å²) in [6.45, 7) is -13.1. The van der Waals surface area contributed by atoms with E-state index in [2.05, 4.69) is 0 Å². The number of nitrogens with two attached hydrogens (primary N) is 4.